The molecule has 7 heteroatoms. The molecule has 1 fully saturated rings. The minimum absolute atomic E-state index is 0.271. The average molecular weight is 403 g/mol. The van der Waals surface area contributed by atoms with Crippen molar-refractivity contribution in [2.45, 2.75) is 24.9 Å². The van der Waals surface area contributed by atoms with E-state index in [1.807, 2.05) is 53.1 Å². The summed E-state index contributed by atoms with van der Waals surface area (Å²) in [5.74, 6) is 1.47. The Hall–Kier alpha value is -3.03. The quantitative estimate of drug-likeness (QED) is 0.550. The van der Waals surface area contributed by atoms with E-state index >= 15 is 0 Å². The van der Waals surface area contributed by atoms with Crippen LogP contribution >= 0.6 is 0 Å². The first kappa shape index (κ1) is 19.0. The second-order valence-electron chi connectivity index (χ2n) is 7.76. The molecule has 0 spiro atoms. The van der Waals surface area contributed by atoms with Crippen molar-refractivity contribution in [1.82, 2.24) is 24.9 Å². The van der Waals surface area contributed by atoms with Crippen molar-refractivity contribution < 1.29 is 9.47 Å². The van der Waals surface area contributed by atoms with Crippen LogP contribution in [-0.2, 0) is 4.74 Å². The maximum atomic E-state index is 6.31. The molecule has 1 N–H and O–H groups in total. The van der Waals surface area contributed by atoms with Gasteiger partial charge < -0.3 is 14.8 Å². The van der Waals surface area contributed by atoms with Crippen molar-refractivity contribution in [3.8, 4) is 17.3 Å². The third-order valence-electron chi connectivity index (χ3n) is 5.89. The van der Waals surface area contributed by atoms with Crippen molar-refractivity contribution >= 4 is 16.6 Å². The van der Waals surface area contributed by atoms with Crippen LogP contribution in [0.3, 0.4) is 0 Å². The molecule has 1 saturated heterocycles. The summed E-state index contributed by atoms with van der Waals surface area (Å²) in [6.45, 7) is 2.47. The number of methoxy groups -OCH3 is 1. The van der Waals surface area contributed by atoms with Crippen LogP contribution in [0.2, 0.25) is 0 Å². The van der Waals surface area contributed by atoms with Gasteiger partial charge >= 0.3 is 0 Å². The highest BCUT2D eigenvalue weighted by atomic mass is 16.5. The standard InChI is InChI=1S/C23H25N5O2/c1-29-23(11-5-13-24-14-12-23)16-30-19-7-4-6-17-9-10-18(25-21(17)19)22-27-26-20-8-2-3-15-28(20)22/h2-4,6-10,15,24H,5,11-14,16H2,1H3. The number of fused-ring (bicyclic) bond motifs is 2. The molecular formula is C23H25N5O2. The van der Waals surface area contributed by atoms with Gasteiger partial charge in [-0.1, -0.05) is 24.3 Å². The van der Waals surface area contributed by atoms with E-state index in [1.54, 1.807) is 7.11 Å². The molecule has 1 aliphatic heterocycles. The molecule has 0 amide bonds. The lowest BCUT2D eigenvalue weighted by Gasteiger charge is -2.31. The minimum atomic E-state index is -0.271. The molecule has 4 heterocycles. The number of benzene rings is 1. The summed E-state index contributed by atoms with van der Waals surface area (Å²) in [7, 11) is 1.78. The lowest BCUT2D eigenvalue weighted by Crippen LogP contribution is -2.39. The molecule has 7 nitrogen and oxygen atoms in total. The Kier molecular flexibility index (Phi) is 5.06. The van der Waals surface area contributed by atoms with Crippen LogP contribution in [0.5, 0.6) is 5.75 Å². The zero-order valence-corrected chi connectivity index (χ0v) is 17.0. The van der Waals surface area contributed by atoms with E-state index in [9.17, 15) is 0 Å². The van der Waals surface area contributed by atoms with Gasteiger partial charge in [-0.3, -0.25) is 4.40 Å². The van der Waals surface area contributed by atoms with Crippen LogP contribution in [0.1, 0.15) is 19.3 Å². The Bertz CT molecular complexity index is 1160. The Morgan fingerprint density at radius 1 is 1.03 bits per heavy atom. The largest absolute Gasteiger partial charge is 0.488 e. The van der Waals surface area contributed by atoms with Crippen molar-refractivity contribution in [3.05, 3.63) is 54.7 Å². The van der Waals surface area contributed by atoms with E-state index < -0.39 is 0 Å². The number of rotatable bonds is 5. The van der Waals surface area contributed by atoms with Gasteiger partial charge in [0.2, 0.25) is 0 Å². The van der Waals surface area contributed by atoms with E-state index in [1.165, 1.54) is 0 Å². The number of hydrogen-bond acceptors (Lipinski definition) is 6. The first-order chi connectivity index (χ1) is 14.8. The third kappa shape index (κ3) is 3.51. The van der Waals surface area contributed by atoms with Gasteiger partial charge in [0.25, 0.3) is 0 Å². The SMILES string of the molecule is COC1(COc2cccc3ccc(-c4nnc5ccccn45)nc23)CCCNCC1. The Morgan fingerprint density at radius 2 is 2.00 bits per heavy atom. The van der Waals surface area contributed by atoms with Gasteiger partial charge in [-0.25, -0.2) is 4.98 Å². The Labute approximate surface area is 175 Å². The highest BCUT2D eigenvalue weighted by Gasteiger charge is 2.32. The maximum Gasteiger partial charge on any atom is 0.187 e. The number of ether oxygens (including phenoxy) is 2. The van der Waals surface area contributed by atoms with E-state index in [4.69, 9.17) is 14.5 Å². The van der Waals surface area contributed by atoms with Crippen LogP contribution in [0, 0.1) is 0 Å². The van der Waals surface area contributed by atoms with E-state index in [2.05, 4.69) is 21.6 Å². The fraction of sp³-hybridized carbons (Fsp3) is 0.348. The number of para-hydroxylation sites is 1. The molecule has 1 atom stereocenters. The number of hydrogen-bond donors (Lipinski definition) is 1. The predicted octanol–water partition coefficient (Wildman–Crippen LogP) is 3.48. The molecule has 3 aromatic heterocycles. The summed E-state index contributed by atoms with van der Waals surface area (Å²) in [5, 5.41) is 13.0. The van der Waals surface area contributed by atoms with Gasteiger partial charge in [0.1, 0.15) is 29.2 Å². The van der Waals surface area contributed by atoms with E-state index in [0.29, 0.717) is 12.4 Å². The molecule has 1 aliphatic rings. The number of nitrogens with zero attached hydrogens (tertiary/aromatic N) is 4. The number of nitrogens with one attached hydrogen (secondary N) is 1. The molecule has 0 aliphatic carbocycles. The van der Waals surface area contributed by atoms with Gasteiger partial charge in [-0.2, -0.15) is 0 Å². The van der Waals surface area contributed by atoms with Gasteiger partial charge in [0.05, 0.1) is 0 Å². The first-order valence-electron chi connectivity index (χ1n) is 10.4. The molecule has 0 saturated carbocycles. The summed E-state index contributed by atoms with van der Waals surface area (Å²) in [6.07, 6.45) is 4.93. The normalized spacial score (nSPS) is 19.8. The van der Waals surface area contributed by atoms with Crippen LogP contribution in [0.25, 0.3) is 28.1 Å². The van der Waals surface area contributed by atoms with Crippen LogP contribution in [0.4, 0.5) is 0 Å². The van der Waals surface area contributed by atoms with Gasteiger partial charge in [-0.05, 0) is 56.6 Å². The number of aromatic nitrogens is 4. The van der Waals surface area contributed by atoms with Crippen molar-refractivity contribution in [3.63, 3.8) is 0 Å². The van der Waals surface area contributed by atoms with Crippen molar-refractivity contribution in [1.29, 1.82) is 0 Å². The Balaban J connectivity index is 1.49. The molecule has 1 unspecified atom stereocenters. The van der Waals surface area contributed by atoms with Gasteiger partial charge in [0.15, 0.2) is 11.5 Å². The van der Waals surface area contributed by atoms with Crippen LogP contribution in [0.15, 0.2) is 54.7 Å². The third-order valence-corrected chi connectivity index (χ3v) is 5.89. The molecule has 0 radical (unpaired) electrons. The monoisotopic (exact) mass is 403 g/mol. The summed E-state index contributed by atoms with van der Waals surface area (Å²) >= 11 is 0. The molecule has 4 aromatic rings. The average Bonchev–Trinajstić information content (AvgIpc) is 3.08. The molecule has 154 valence electrons. The lowest BCUT2D eigenvalue weighted by molar-refractivity contribution is -0.0522. The van der Waals surface area contributed by atoms with Crippen LogP contribution < -0.4 is 10.1 Å². The van der Waals surface area contributed by atoms with Crippen LogP contribution in [-0.4, -0.2) is 52.0 Å². The van der Waals surface area contributed by atoms with Crippen molar-refractivity contribution in [2.75, 3.05) is 26.8 Å². The Morgan fingerprint density at radius 3 is 2.93 bits per heavy atom. The zero-order chi connectivity index (χ0) is 20.4. The fourth-order valence-corrected chi connectivity index (χ4v) is 4.10. The maximum absolute atomic E-state index is 6.31. The minimum Gasteiger partial charge on any atom is -0.488 e. The number of pyridine rings is 2. The summed E-state index contributed by atoms with van der Waals surface area (Å²) in [4.78, 5) is 4.90. The predicted molar refractivity (Wildman–Crippen MR) is 116 cm³/mol. The van der Waals surface area contributed by atoms with Crippen molar-refractivity contribution in [2.24, 2.45) is 0 Å². The van der Waals surface area contributed by atoms with Gasteiger partial charge in [0, 0.05) is 18.7 Å². The first-order valence-corrected chi connectivity index (χ1v) is 10.4. The smallest absolute Gasteiger partial charge is 0.187 e. The second-order valence-corrected chi connectivity index (χ2v) is 7.76. The second kappa shape index (κ2) is 8.01. The highest BCUT2D eigenvalue weighted by molar-refractivity contribution is 5.86. The molecule has 0 bridgehead atoms. The van der Waals surface area contributed by atoms with E-state index in [-0.39, 0.29) is 5.60 Å². The summed E-state index contributed by atoms with van der Waals surface area (Å²) in [5.41, 5.74) is 2.10. The lowest BCUT2D eigenvalue weighted by atomic mass is 9.95. The molecule has 1 aromatic carbocycles. The van der Waals surface area contributed by atoms with E-state index in [0.717, 1.165) is 60.3 Å². The summed E-state index contributed by atoms with van der Waals surface area (Å²) in [6, 6.07) is 15.9. The highest BCUT2D eigenvalue weighted by Crippen LogP contribution is 2.30. The topological polar surface area (TPSA) is 73.6 Å². The summed E-state index contributed by atoms with van der Waals surface area (Å²) < 4.78 is 14.2. The molecule has 30 heavy (non-hydrogen) atoms. The van der Waals surface area contributed by atoms with Gasteiger partial charge in [-0.15, -0.1) is 10.2 Å². The fourth-order valence-electron chi connectivity index (χ4n) is 4.10. The molecule has 5 rings (SSSR count). The molecular weight excluding hydrogens is 378 g/mol. The zero-order valence-electron chi connectivity index (χ0n) is 17.0.